The maximum absolute atomic E-state index is 13.3. The molecule has 1 atom stereocenters. The molecule has 5 heteroatoms. The Morgan fingerprint density at radius 1 is 1.42 bits per heavy atom. The SMILES string of the molecule is O=C(CCCC1CCCO1)c1ccc(F)c(F)c1Br. The summed E-state index contributed by atoms with van der Waals surface area (Å²) < 4.78 is 31.7. The molecule has 0 saturated carbocycles. The van der Waals surface area contributed by atoms with E-state index in [0.717, 1.165) is 31.9 Å². The monoisotopic (exact) mass is 332 g/mol. The highest BCUT2D eigenvalue weighted by molar-refractivity contribution is 9.10. The summed E-state index contributed by atoms with van der Waals surface area (Å²) in [4.78, 5) is 11.9. The molecule has 1 heterocycles. The molecule has 0 aromatic heterocycles. The Morgan fingerprint density at radius 3 is 2.89 bits per heavy atom. The Bertz CT molecular complexity index is 471. The van der Waals surface area contributed by atoms with Crippen molar-refractivity contribution in [3.63, 3.8) is 0 Å². The Balaban J connectivity index is 1.90. The van der Waals surface area contributed by atoms with Crippen molar-refractivity contribution >= 4 is 21.7 Å². The van der Waals surface area contributed by atoms with Gasteiger partial charge in [0, 0.05) is 18.6 Å². The fourth-order valence-electron chi connectivity index (χ4n) is 2.24. The molecule has 0 amide bonds. The third-order valence-corrected chi connectivity index (χ3v) is 4.06. The van der Waals surface area contributed by atoms with E-state index >= 15 is 0 Å². The van der Waals surface area contributed by atoms with Gasteiger partial charge in [0.1, 0.15) is 0 Å². The van der Waals surface area contributed by atoms with E-state index in [1.165, 1.54) is 6.07 Å². The van der Waals surface area contributed by atoms with Crippen molar-refractivity contribution in [1.29, 1.82) is 0 Å². The van der Waals surface area contributed by atoms with Crippen molar-refractivity contribution in [3.05, 3.63) is 33.8 Å². The van der Waals surface area contributed by atoms with Crippen molar-refractivity contribution in [1.82, 2.24) is 0 Å². The number of rotatable bonds is 5. The molecule has 19 heavy (non-hydrogen) atoms. The molecule has 0 bridgehead atoms. The number of ether oxygens (including phenoxy) is 1. The van der Waals surface area contributed by atoms with E-state index in [4.69, 9.17) is 4.74 Å². The quantitative estimate of drug-likeness (QED) is 0.594. The molecular formula is C14H15BrF2O2. The van der Waals surface area contributed by atoms with Crippen molar-refractivity contribution in [2.24, 2.45) is 0 Å². The second kappa shape index (κ2) is 6.57. The minimum absolute atomic E-state index is 0.0883. The predicted octanol–water partition coefficient (Wildman–Crippen LogP) is 4.26. The summed E-state index contributed by atoms with van der Waals surface area (Å²) in [6, 6.07) is 2.30. The van der Waals surface area contributed by atoms with E-state index in [9.17, 15) is 13.6 Å². The van der Waals surface area contributed by atoms with Crippen LogP contribution < -0.4 is 0 Å². The van der Waals surface area contributed by atoms with Crippen molar-refractivity contribution in [2.45, 2.75) is 38.2 Å². The highest BCUT2D eigenvalue weighted by Crippen LogP contribution is 2.25. The molecule has 0 N–H and O–H groups in total. The first-order valence-electron chi connectivity index (χ1n) is 6.38. The Hall–Kier alpha value is -0.810. The molecule has 1 aromatic carbocycles. The highest BCUT2D eigenvalue weighted by Gasteiger charge is 2.18. The van der Waals surface area contributed by atoms with Crippen LogP contribution in [0.25, 0.3) is 0 Å². The fourth-order valence-corrected chi connectivity index (χ4v) is 2.78. The molecule has 0 spiro atoms. The van der Waals surface area contributed by atoms with Crippen LogP contribution in [0.5, 0.6) is 0 Å². The van der Waals surface area contributed by atoms with Crippen LogP contribution in [0.15, 0.2) is 16.6 Å². The first-order chi connectivity index (χ1) is 9.09. The Kier molecular flexibility index (Phi) is 5.05. The highest BCUT2D eigenvalue weighted by atomic mass is 79.9. The van der Waals surface area contributed by atoms with E-state index in [0.29, 0.717) is 12.8 Å². The number of carbonyl (C=O) groups excluding carboxylic acids is 1. The average Bonchev–Trinajstić information content (AvgIpc) is 2.89. The van der Waals surface area contributed by atoms with Gasteiger partial charge in [0.15, 0.2) is 17.4 Å². The standard InChI is InChI=1S/C14H15BrF2O2/c15-13-10(6-7-11(16)14(13)17)12(18)5-1-3-9-4-2-8-19-9/h6-7,9H,1-5,8H2. The Morgan fingerprint density at radius 2 is 2.21 bits per heavy atom. The lowest BCUT2D eigenvalue weighted by Gasteiger charge is -2.09. The molecule has 1 aromatic rings. The van der Waals surface area contributed by atoms with Crippen LogP contribution in [0.2, 0.25) is 0 Å². The fraction of sp³-hybridized carbons (Fsp3) is 0.500. The lowest BCUT2D eigenvalue weighted by atomic mass is 10.0. The summed E-state index contributed by atoms with van der Waals surface area (Å²) in [7, 11) is 0. The number of halogens is 3. The predicted molar refractivity (Wildman–Crippen MR) is 71.2 cm³/mol. The summed E-state index contributed by atoms with van der Waals surface area (Å²) in [5.74, 6) is -2.14. The normalized spacial score (nSPS) is 18.8. The van der Waals surface area contributed by atoms with Crippen molar-refractivity contribution in [2.75, 3.05) is 6.61 Å². The van der Waals surface area contributed by atoms with Gasteiger partial charge in [0.2, 0.25) is 0 Å². The molecular weight excluding hydrogens is 318 g/mol. The van der Waals surface area contributed by atoms with E-state index in [-0.39, 0.29) is 21.9 Å². The third kappa shape index (κ3) is 3.60. The maximum atomic E-state index is 13.3. The largest absolute Gasteiger partial charge is 0.378 e. The summed E-state index contributed by atoms with van der Waals surface area (Å²) in [5.41, 5.74) is 0.200. The number of hydrogen-bond donors (Lipinski definition) is 0. The number of ketones is 1. The summed E-state index contributed by atoms with van der Waals surface area (Å²) in [5, 5.41) is 0. The number of Topliss-reactive ketones (excluding diaryl/α,β-unsaturated/α-hetero) is 1. The Labute approximate surface area is 119 Å². The van der Waals surface area contributed by atoms with Crippen LogP contribution >= 0.6 is 15.9 Å². The zero-order valence-corrected chi connectivity index (χ0v) is 12.0. The molecule has 2 rings (SSSR count). The van der Waals surface area contributed by atoms with Crippen LogP contribution in [-0.4, -0.2) is 18.5 Å². The third-order valence-electron chi connectivity index (χ3n) is 3.29. The van der Waals surface area contributed by atoms with Crippen LogP contribution in [0.1, 0.15) is 42.5 Å². The van der Waals surface area contributed by atoms with Gasteiger partial charge in [-0.15, -0.1) is 0 Å². The minimum Gasteiger partial charge on any atom is -0.378 e. The van der Waals surface area contributed by atoms with Gasteiger partial charge in [-0.2, -0.15) is 0 Å². The van der Waals surface area contributed by atoms with Gasteiger partial charge in [-0.25, -0.2) is 8.78 Å². The molecule has 0 aliphatic carbocycles. The van der Waals surface area contributed by atoms with Gasteiger partial charge in [-0.3, -0.25) is 4.79 Å². The lowest BCUT2D eigenvalue weighted by molar-refractivity contribution is 0.0922. The second-order valence-electron chi connectivity index (χ2n) is 4.67. The van der Waals surface area contributed by atoms with Crippen LogP contribution in [0, 0.1) is 11.6 Å². The number of benzene rings is 1. The number of hydrogen-bond acceptors (Lipinski definition) is 2. The zero-order valence-electron chi connectivity index (χ0n) is 10.4. The molecule has 1 saturated heterocycles. The average molecular weight is 333 g/mol. The van der Waals surface area contributed by atoms with Crippen LogP contribution in [-0.2, 0) is 4.74 Å². The maximum Gasteiger partial charge on any atom is 0.173 e. The molecule has 0 radical (unpaired) electrons. The van der Waals surface area contributed by atoms with Gasteiger partial charge in [-0.1, -0.05) is 0 Å². The van der Waals surface area contributed by atoms with E-state index in [1.54, 1.807) is 0 Å². The second-order valence-corrected chi connectivity index (χ2v) is 5.47. The van der Waals surface area contributed by atoms with Gasteiger partial charge in [0.25, 0.3) is 0 Å². The molecule has 2 nitrogen and oxygen atoms in total. The van der Waals surface area contributed by atoms with Crippen molar-refractivity contribution in [3.8, 4) is 0 Å². The van der Waals surface area contributed by atoms with E-state index in [2.05, 4.69) is 15.9 Å². The van der Waals surface area contributed by atoms with Crippen molar-refractivity contribution < 1.29 is 18.3 Å². The zero-order chi connectivity index (χ0) is 13.8. The topological polar surface area (TPSA) is 26.3 Å². The first kappa shape index (κ1) is 14.6. The summed E-state index contributed by atoms with van der Waals surface area (Å²) in [6.45, 7) is 0.799. The molecule has 1 aliphatic heterocycles. The molecule has 104 valence electrons. The van der Waals surface area contributed by atoms with Crippen LogP contribution in [0.3, 0.4) is 0 Å². The molecule has 1 aliphatic rings. The summed E-state index contributed by atoms with van der Waals surface area (Å²) in [6.07, 6.45) is 4.24. The van der Waals surface area contributed by atoms with E-state index < -0.39 is 11.6 Å². The smallest absolute Gasteiger partial charge is 0.173 e. The summed E-state index contributed by atoms with van der Waals surface area (Å²) >= 11 is 2.93. The van der Waals surface area contributed by atoms with Gasteiger partial charge < -0.3 is 4.74 Å². The first-order valence-corrected chi connectivity index (χ1v) is 7.17. The van der Waals surface area contributed by atoms with Crippen LogP contribution in [0.4, 0.5) is 8.78 Å². The minimum atomic E-state index is -1.01. The van der Waals surface area contributed by atoms with Gasteiger partial charge in [-0.05, 0) is 53.7 Å². The van der Waals surface area contributed by atoms with Gasteiger partial charge in [0.05, 0.1) is 10.6 Å². The molecule has 1 unspecified atom stereocenters. The van der Waals surface area contributed by atoms with E-state index in [1.807, 2.05) is 0 Å². The number of carbonyl (C=O) groups is 1. The van der Waals surface area contributed by atoms with Gasteiger partial charge >= 0.3 is 0 Å². The molecule has 1 fully saturated rings. The lowest BCUT2D eigenvalue weighted by Crippen LogP contribution is -2.07.